The molecule has 4 aromatic rings. The number of nitrogens with one attached hydrogen (secondary N) is 2. The number of anilines is 1. The Morgan fingerprint density at radius 1 is 0.658 bits per heavy atom. The van der Waals surface area contributed by atoms with Crippen molar-refractivity contribution in [2.45, 2.75) is 67.9 Å². The van der Waals surface area contributed by atoms with E-state index in [9.17, 15) is 9.59 Å². The van der Waals surface area contributed by atoms with Crippen molar-refractivity contribution in [3.8, 4) is 0 Å². The highest BCUT2D eigenvalue weighted by Gasteiger charge is 2.13. The van der Waals surface area contributed by atoms with E-state index in [0.717, 1.165) is 22.8 Å². The van der Waals surface area contributed by atoms with Gasteiger partial charge in [-0.3, -0.25) is 9.59 Å². The van der Waals surface area contributed by atoms with Crippen molar-refractivity contribution in [1.29, 1.82) is 0 Å². The summed E-state index contributed by atoms with van der Waals surface area (Å²) in [5, 5.41) is 8.13. The summed E-state index contributed by atoms with van der Waals surface area (Å²) < 4.78 is 0. The largest absolute Gasteiger partial charge is 0.349 e. The number of carbonyl (C=O) groups is 2. The van der Waals surface area contributed by atoms with Gasteiger partial charge in [0.05, 0.1) is 0 Å². The zero-order valence-corrected chi connectivity index (χ0v) is 24.3. The van der Waals surface area contributed by atoms with Crippen molar-refractivity contribution < 1.29 is 9.59 Å². The monoisotopic (exact) mass is 512 g/mol. The maximum Gasteiger partial charge on any atom is 0.255 e. The molecule has 0 saturated heterocycles. The van der Waals surface area contributed by atoms with Crippen LogP contribution in [0.5, 0.6) is 0 Å². The Morgan fingerprint density at radius 2 is 1.21 bits per heavy atom. The zero-order chi connectivity index (χ0) is 28.5. The second-order valence-corrected chi connectivity index (χ2v) is 8.11. The normalized spacial score (nSPS) is 10.3. The number of aryl methyl sites for hydroxylation is 1. The highest BCUT2D eigenvalue weighted by atomic mass is 16.2. The van der Waals surface area contributed by atoms with Gasteiger partial charge in [0.15, 0.2) is 0 Å². The van der Waals surface area contributed by atoms with Crippen LogP contribution >= 0.6 is 0 Å². The highest BCUT2D eigenvalue weighted by molar-refractivity contribution is 6.07. The first-order valence-electron chi connectivity index (χ1n) is 13.8. The molecule has 2 amide bonds. The van der Waals surface area contributed by atoms with Crippen LogP contribution in [-0.2, 0) is 6.42 Å². The van der Waals surface area contributed by atoms with Crippen LogP contribution in [0.4, 0.5) is 5.69 Å². The van der Waals surface area contributed by atoms with E-state index in [1.165, 1.54) is 5.56 Å². The van der Waals surface area contributed by atoms with E-state index in [0.29, 0.717) is 16.8 Å². The number of amides is 2. The summed E-state index contributed by atoms with van der Waals surface area (Å²) in [6.07, 6.45) is 0.769. The summed E-state index contributed by atoms with van der Waals surface area (Å²) in [5.41, 5.74) is 3.88. The molecule has 0 aliphatic rings. The van der Waals surface area contributed by atoms with Crippen molar-refractivity contribution in [2.24, 2.45) is 0 Å². The molecular formula is C34H44N2O2. The average molecular weight is 513 g/mol. The van der Waals surface area contributed by atoms with Crippen molar-refractivity contribution in [3.05, 3.63) is 113 Å². The van der Waals surface area contributed by atoms with Crippen LogP contribution in [0.3, 0.4) is 0 Å². The number of fused-ring (bicyclic) bond motifs is 1. The smallest absolute Gasteiger partial charge is 0.255 e. The third-order valence-corrected chi connectivity index (χ3v) is 5.51. The molecule has 0 heterocycles. The fraction of sp³-hybridized carbons (Fsp3) is 0.294. The van der Waals surface area contributed by atoms with Crippen LogP contribution in [0.15, 0.2) is 91.0 Å². The van der Waals surface area contributed by atoms with Crippen LogP contribution < -0.4 is 10.6 Å². The lowest BCUT2D eigenvalue weighted by Crippen LogP contribution is -2.34. The zero-order valence-electron chi connectivity index (χ0n) is 24.3. The number of rotatable bonds is 6. The molecule has 0 aliphatic heterocycles. The van der Waals surface area contributed by atoms with Gasteiger partial charge >= 0.3 is 0 Å². The molecule has 4 rings (SSSR count). The first-order chi connectivity index (χ1) is 18.5. The molecule has 4 heteroatoms. The minimum Gasteiger partial charge on any atom is -0.349 e. The Labute approximate surface area is 229 Å². The standard InChI is InChI=1S/C28H26N2O2.3C2H6/c1-19-16-24(27(31)29-20(2)17-21-8-4-3-5-9-21)14-15-26(19)30-28(32)25-13-12-22-10-6-7-11-23(22)18-25;3*1-2/h3-16,18,20H,17H2,1-2H3,(H,29,31)(H,30,32);3*1-2H3/t20-;;;/m1.../s1. The summed E-state index contributed by atoms with van der Waals surface area (Å²) in [5.74, 6) is -0.295. The lowest BCUT2D eigenvalue weighted by molar-refractivity contribution is 0.0939. The minimum atomic E-state index is -0.174. The maximum absolute atomic E-state index is 12.8. The van der Waals surface area contributed by atoms with Gasteiger partial charge in [-0.2, -0.15) is 0 Å². The van der Waals surface area contributed by atoms with Gasteiger partial charge in [-0.1, -0.05) is 102 Å². The minimum absolute atomic E-state index is 0.0116. The predicted molar refractivity (Wildman–Crippen MR) is 164 cm³/mol. The van der Waals surface area contributed by atoms with E-state index >= 15 is 0 Å². The third-order valence-electron chi connectivity index (χ3n) is 5.51. The van der Waals surface area contributed by atoms with E-state index in [1.807, 2.05) is 116 Å². The topological polar surface area (TPSA) is 58.2 Å². The molecule has 2 N–H and O–H groups in total. The molecule has 0 fully saturated rings. The van der Waals surface area contributed by atoms with Crippen molar-refractivity contribution >= 4 is 28.3 Å². The van der Waals surface area contributed by atoms with Gasteiger partial charge in [0.25, 0.3) is 11.8 Å². The fourth-order valence-electron chi connectivity index (χ4n) is 3.80. The van der Waals surface area contributed by atoms with E-state index in [4.69, 9.17) is 0 Å². The Morgan fingerprint density at radius 3 is 1.84 bits per heavy atom. The molecule has 0 bridgehead atoms. The number of hydrogen-bond acceptors (Lipinski definition) is 2. The first kappa shape index (κ1) is 32.1. The summed E-state index contributed by atoms with van der Waals surface area (Å²) in [4.78, 5) is 25.4. The molecule has 4 nitrogen and oxygen atoms in total. The molecule has 1 atom stereocenters. The Kier molecular flexibility index (Phi) is 14.8. The van der Waals surface area contributed by atoms with E-state index in [1.54, 1.807) is 18.2 Å². The van der Waals surface area contributed by atoms with Crippen molar-refractivity contribution in [1.82, 2.24) is 5.32 Å². The van der Waals surface area contributed by atoms with E-state index in [2.05, 4.69) is 22.8 Å². The van der Waals surface area contributed by atoms with Crippen LogP contribution in [-0.4, -0.2) is 17.9 Å². The molecular weight excluding hydrogens is 468 g/mol. The lowest BCUT2D eigenvalue weighted by Gasteiger charge is -2.15. The molecule has 38 heavy (non-hydrogen) atoms. The molecule has 0 radical (unpaired) electrons. The van der Waals surface area contributed by atoms with E-state index in [-0.39, 0.29) is 17.9 Å². The Balaban J connectivity index is 0.00000112. The summed E-state index contributed by atoms with van der Waals surface area (Å²) >= 11 is 0. The van der Waals surface area contributed by atoms with Crippen LogP contribution in [0.2, 0.25) is 0 Å². The van der Waals surface area contributed by atoms with E-state index < -0.39 is 0 Å². The molecule has 202 valence electrons. The van der Waals surface area contributed by atoms with Gasteiger partial charge in [-0.05, 0) is 72.5 Å². The molecule has 4 aromatic carbocycles. The number of hydrogen-bond donors (Lipinski definition) is 2. The van der Waals surface area contributed by atoms with Crippen LogP contribution in [0.1, 0.15) is 80.3 Å². The molecule has 0 aromatic heterocycles. The average Bonchev–Trinajstić information content (AvgIpc) is 2.97. The van der Waals surface area contributed by atoms with Crippen LogP contribution in [0, 0.1) is 6.92 Å². The Bertz CT molecular complexity index is 1270. The lowest BCUT2D eigenvalue weighted by atomic mass is 10.0. The van der Waals surface area contributed by atoms with Crippen molar-refractivity contribution in [2.75, 3.05) is 5.32 Å². The van der Waals surface area contributed by atoms with Gasteiger partial charge in [0.1, 0.15) is 0 Å². The molecule has 0 saturated carbocycles. The predicted octanol–water partition coefficient (Wildman–Crippen LogP) is 8.84. The summed E-state index contributed by atoms with van der Waals surface area (Å²) in [6, 6.07) is 29.0. The maximum atomic E-state index is 12.8. The second-order valence-electron chi connectivity index (χ2n) is 8.11. The van der Waals surface area contributed by atoms with Gasteiger partial charge in [0, 0.05) is 22.9 Å². The SMILES string of the molecule is CC.CC.CC.Cc1cc(C(=O)N[C@H](C)Cc2ccccc2)ccc1NC(=O)c1ccc2ccccc2c1. The quantitative estimate of drug-likeness (QED) is 0.271. The Hall–Kier alpha value is -3.92. The van der Waals surface area contributed by atoms with Gasteiger partial charge in [-0.15, -0.1) is 0 Å². The molecule has 0 unspecified atom stereocenters. The second kappa shape index (κ2) is 17.5. The van der Waals surface area contributed by atoms with Gasteiger partial charge in [-0.25, -0.2) is 0 Å². The number of benzene rings is 4. The fourth-order valence-corrected chi connectivity index (χ4v) is 3.80. The van der Waals surface area contributed by atoms with Crippen LogP contribution in [0.25, 0.3) is 10.8 Å². The molecule has 0 spiro atoms. The van der Waals surface area contributed by atoms with Gasteiger partial charge < -0.3 is 10.6 Å². The summed E-state index contributed by atoms with van der Waals surface area (Å²) in [6.45, 7) is 15.9. The molecule has 0 aliphatic carbocycles. The first-order valence-corrected chi connectivity index (χ1v) is 13.8. The number of carbonyl (C=O) groups excluding carboxylic acids is 2. The van der Waals surface area contributed by atoms with Crippen molar-refractivity contribution in [3.63, 3.8) is 0 Å². The highest BCUT2D eigenvalue weighted by Crippen LogP contribution is 2.20. The summed E-state index contributed by atoms with van der Waals surface area (Å²) in [7, 11) is 0. The third kappa shape index (κ3) is 9.51. The van der Waals surface area contributed by atoms with Gasteiger partial charge in [0.2, 0.25) is 0 Å².